The fourth-order valence-corrected chi connectivity index (χ4v) is 1.53. The van der Waals surface area contributed by atoms with Crippen molar-refractivity contribution in [2.45, 2.75) is 0 Å². The predicted octanol–water partition coefficient (Wildman–Crippen LogP) is 2.32. The van der Waals surface area contributed by atoms with Crippen LogP contribution < -0.4 is 10.1 Å². The molecule has 0 aliphatic carbocycles. The van der Waals surface area contributed by atoms with E-state index in [0.29, 0.717) is 22.0 Å². The van der Waals surface area contributed by atoms with Crippen molar-refractivity contribution in [2.75, 3.05) is 12.4 Å². The van der Waals surface area contributed by atoms with Crippen molar-refractivity contribution in [1.29, 1.82) is 0 Å². The van der Waals surface area contributed by atoms with Crippen molar-refractivity contribution in [3.05, 3.63) is 41.2 Å². The second kappa shape index (κ2) is 4.88. The fourth-order valence-electron chi connectivity index (χ4n) is 1.37. The van der Waals surface area contributed by atoms with Crippen molar-refractivity contribution in [1.82, 2.24) is 10.2 Å². The number of H-pyrrole nitrogens is 1. The van der Waals surface area contributed by atoms with Crippen LogP contribution in [0.15, 0.2) is 30.6 Å². The van der Waals surface area contributed by atoms with Gasteiger partial charge in [0.1, 0.15) is 5.75 Å². The largest absolute Gasteiger partial charge is 0.496 e. The molecule has 88 valence electrons. The Hall–Kier alpha value is -2.01. The molecule has 0 saturated carbocycles. The van der Waals surface area contributed by atoms with E-state index in [0.717, 1.165) is 0 Å². The molecule has 1 heterocycles. The number of carbonyl (C=O) groups is 1. The van der Waals surface area contributed by atoms with Gasteiger partial charge in [-0.05, 0) is 18.2 Å². The summed E-state index contributed by atoms with van der Waals surface area (Å²) in [4.78, 5) is 11.9. The molecule has 2 N–H and O–H groups in total. The maximum absolute atomic E-state index is 11.9. The first-order valence-corrected chi connectivity index (χ1v) is 5.22. The molecule has 1 aromatic carbocycles. The van der Waals surface area contributed by atoms with E-state index in [4.69, 9.17) is 16.3 Å². The van der Waals surface area contributed by atoms with Gasteiger partial charge in [-0.2, -0.15) is 5.10 Å². The van der Waals surface area contributed by atoms with Crippen molar-refractivity contribution in [3.63, 3.8) is 0 Å². The third-order valence-electron chi connectivity index (χ3n) is 2.16. The molecule has 5 nitrogen and oxygen atoms in total. The van der Waals surface area contributed by atoms with Crippen LogP contribution in [0.4, 0.5) is 5.69 Å². The standard InChI is InChI=1S/C11H10ClN3O2/c1-17-10-4-7(12)2-3-9(10)11(16)15-8-5-13-14-6-8/h2-6H,1H3,(H,13,14)(H,15,16). The molecule has 0 unspecified atom stereocenters. The molecule has 0 atom stereocenters. The number of ether oxygens (including phenoxy) is 1. The summed E-state index contributed by atoms with van der Waals surface area (Å²) in [6.07, 6.45) is 3.10. The van der Waals surface area contributed by atoms with Gasteiger partial charge in [0.05, 0.1) is 24.6 Å². The zero-order valence-corrected chi connectivity index (χ0v) is 9.78. The SMILES string of the molecule is COc1cc(Cl)ccc1C(=O)Nc1cn[nH]c1. The molecule has 0 fully saturated rings. The minimum absolute atomic E-state index is 0.278. The van der Waals surface area contributed by atoms with Gasteiger partial charge in [0.15, 0.2) is 0 Å². The predicted molar refractivity (Wildman–Crippen MR) is 64.5 cm³/mol. The maximum Gasteiger partial charge on any atom is 0.259 e. The molecule has 1 aromatic heterocycles. The van der Waals surface area contributed by atoms with E-state index < -0.39 is 0 Å². The van der Waals surface area contributed by atoms with Crippen LogP contribution in [0, 0.1) is 0 Å². The number of nitrogens with zero attached hydrogens (tertiary/aromatic N) is 1. The summed E-state index contributed by atoms with van der Waals surface area (Å²) in [5.41, 5.74) is 1.00. The van der Waals surface area contributed by atoms with Gasteiger partial charge in [-0.1, -0.05) is 11.6 Å². The molecule has 0 saturated heterocycles. The number of hydrogen-bond donors (Lipinski definition) is 2. The van der Waals surface area contributed by atoms with Gasteiger partial charge in [0.25, 0.3) is 5.91 Å². The number of nitrogens with one attached hydrogen (secondary N) is 2. The topological polar surface area (TPSA) is 67.0 Å². The second-order valence-corrected chi connectivity index (χ2v) is 3.72. The smallest absolute Gasteiger partial charge is 0.259 e. The molecule has 6 heteroatoms. The normalized spacial score (nSPS) is 10.0. The van der Waals surface area contributed by atoms with E-state index in [1.165, 1.54) is 13.3 Å². The quantitative estimate of drug-likeness (QED) is 0.880. The van der Waals surface area contributed by atoms with Crippen LogP contribution in [0.5, 0.6) is 5.75 Å². The van der Waals surface area contributed by atoms with Crippen molar-refractivity contribution in [3.8, 4) is 5.75 Å². The van der Waals surface area contributed by atoms with Gasteiger partial charge in [0, 0.05) is 11.2 Å². The number of benzene rings is 1. The highest BCUT2D eigenvalue weighted by atomic mass is 35.5. The third-order valence-corrected chi connectivity index (χ3v) is 2.40. The lowest BCUT2D eigenvalue weighted by molar-refractivity contribution is 0.102. The first-order valence-electron chi connectivity index (χ1n) is 4.84. The van der Waals surface area contributed by atoms with Gasteiger partial charge in [0.2, 0.25) is 0 Å². The van der Waals surface area contributed by atoms with Crippen molar-refractivity contribution >= 4 is 23.2 Å². The maximum atomic E-state index is 11.9. The Morgan fingerprint density at radius 3 is 3.00 bits per heavy atom. The lowest BCUT2D eigenvalue weighted by atomic mass is 10.2. The summed E-state index contributed by atoms with van der Waals surface area (Å²) in [6, 6.07) is 4.83. The molecule has 2 rings (SSSR count). The first-order chi connectivity index (χ1) is 8.20. The molecule has 0 bridgehead atoms. The van der Waals surface area contributed by atoms with Gasteiger partial charge in [-0.15, -0.1) is 0 Å². The summed E-state index contributed by atoms with van der Waals surface area (Å²) in [6.45, 7) is 0. The number of aromatic amines is 1. The average molecular weight is 252 g/mol. The molecular formula is C11H10ClN3O2. The Labute approximate surface area is 103 Å². The third kappa shape index (κ3) is 2.57. The summed E-state index contributed by atoms with van der Waals surface area (Å²) in [7, 11) is 1.49. The van der Waals surface area contributed by atoms with Crippen molar-refractivity contribution in [2.24, 2.45) is 0 Å². The average Bonchev–Trinajstić information content (AvgIpc) is 2.81. The molecule has 0 aliphatic rings. The molecule has 17 heavy (non-hydrogen) atoms. The highest BCUT2D eigenvalue weighted by Gasteiger charge is 2.13. The van der Waals surface area contributed by atoms with Crippen LogP contribution in [0.25, 0.3) is 0 Å². The van der Waals surface area contributed by atoms with E-state index in [-0.39, 0.29) is 5.91 Å². The second-order valence-electron chi connectivity index (χ2n) is 3.29. The number of amides is 1. The molecule has 0 spiro atoms. The number of carbonyl (C=O) groups excluding carboxylic acids is 1. The number of hydrogen-bond acceptors (Lipinski definition) is 3. The number of aromatic nitrogens is 2. The van der Waals surface area contributed by atoms with E-state index >= 15 is 0 Å². The van der Waals surface area contributed by atoms with Gasteiger partial charge < -0.3 is 10.1 Å². The molecular weight excluding hydrogens is 242 g/mol. The summed E-state index contributed by atoms with van der Waals surface area (Å²) < 4.78 is 5.10. The van der Waals surface area contributed by atoms with Crippen LogP contribution >= 0.6 is 11.6 Å². The Bertz CT molecular complexity index is 526. The highest BCUT2D eigenvalue weighted by molar-refractivity contribution is 6.31. The van der Waals surface area contributed by atoms with Gasteiger partial charge in [-0.25, -0.2) is 0 Å². The number of rotatable bonds is 3. The summed E-state index contributed by atoms with van der Waals surface area (Å²) in [5.74, 6) is 0.151. The first kappa shape index (κ1) is 11.5. The van der Waals surface area contributed by atoms with Gasteiger partial charge >= 0.3 is 0 Å². The lowest BCUT2D eigenvalue weighted by Crippen LogP contribution is -2.12. The molecule has 0 aliphatic heterocycles. The lowest BCUT2D eigenvalue weighted by Gasteiger charge is -2.08. The van der Waals surface area contributed by atoms with Crippen LogP contribution in [0.2, 0.25) is 5.02 Å². The highest BCUT2D eigenvalue weighted by Crippen LogP contribution is 2.23. The minimum atomic E-state index is -0.278. The Morgan fingerprint density at radius 1 is 1.53 bits per heavy atom. The Kier molecular flexibility index (Phi) is 3.30. The summed E-state index contributed by atoms with van der Waals surface area (Å²) in [5, 5.41) is 9.53. The van der Waals surface area contributed by atoms with Crippen molar-refractivity contribution < 1.29 is 9.53 Å². The van der Waals surface area contributed by atoms with Crippen LogP contribution in [-0.2, 0) is 0 Å². The number of methoxy groups -OCH3 is 1. The Balaban J connectivity index is 2.24. The van der Waals surface area contributed by atoms with Crippen LogP contribution in [0.3, 0.4) is 0 Å². The zero-order chi connectivity index (χ0) is 12.3. The van der Waals surface area contributed by atoms with E-state index in [2.05, 4.69) is 15.5 Å². The monoisotopic (exact) mass is 251 g/mol. The van der Waals surface area contributed by atoms with Crippen LogP contribution in [-0.4, -0.2) is 23.2 Å². The van der Waals surface area contributed by atoms with Crippen LogP contribution in [0.1, 0.15) is 10.4 Å². The van der Waals surface area contributed by atoms with E-state index in [1.807, 2.05) is 0 Å². The molecule has 2 aromatic rings. The number of anilines is 1. The van der Waals surface area contributed by atoms with E-state index in [9.17, 15) is 4.79 Å². The summed E-state index contributed by atoms with van der Waals surface area (Å²) >= 11 is 5.82. The van der Waals surface area contributed by atoms with E-state index in [1.54, 1.807) is 24.4 Å². The zero-order valence-electron chi connectivity index (χ0n) is 9.03. The fraction of sp³-hybridized carbons (Fsp3) is 0.0909. The molecule has 1 amide bonds. The van der Waals surface area contributed by atoms with Gasteiger partial charge in [-0.3, -0.25) is 9.89 Å². The minimum Gasteiger partial charge on any atom is -0.496 e. The number of halogens is 1. The molecule has 0 radical (unpaired) electrons. The Morgan fingerprint density at radius 2 is 2.35 bits per heavy atom.